The van der Waals surface area contributed by atoms with Crippen molar-refractivity contribution in [3.8, 4) is 0 Å². The summed E-state index contributed by atoms with van der Waals surface area (Å²) in [7, 11) is 0. The lowest BCUT2D eigenvalue weighted by Crippen LogP contribution is -2.39. The second-order valence-electron chi connectivity index (χ2n) is 4.67. The van der Waals surface area contributed by atoms with Crippen LogP contribution in [0.15, 0.2) is 0 Å². The van der Waals surface area contributed by atoms with Gasteiger partial charge in [-0.05, 0) is 19.8 Å². The summed E-state index contributed by atoms with van der Waals surface area (Å²) >= 11 is 0. The molecule has 0 aromatic carbocycles. The molecule has 0 aliphatic carbocycles. The minimum atomic E-state index is -0.787. The van der Waals surface area contributed by atoms with Gasteiger partial charge in [-0.3, -0.25) is 9.59 Å². The van der Waals surface area contributed by atoms with Gasteiger partial charge in [0.25, 0.3) is 0 Å². The van der Waals surface area contributed by atoms with Crippen molar-refractivity contribution in [2.24, 2.45) is 23.5 Å². The summed E-state index contributed by atoms with van der Waals surface area (Å²) in [5.41, 5.74) is 4.61. The molecular weight excluding hydrogens is 182 g/mol. The number of hydrogen-bond acceptors (Lipinski definition) is 3. The summed E-state index contributed by atoms with van der Waals surface area (Å²) in [6.45, 7) is 7.56. The highest BCUT2D eigenvalue weighted by molar-refractivity contribution is 5.99. The van der Waals surface area contributed by atoms with Crippen LogP contribution in [0.25, 0.3) is 0 Å². The number of esters is 1. The van der Waals surface area contributed by atoms with Gasteiger partial charge in [-0.2, -0.15) is 0 Å². The number of amides is 1. The summed E-state index contributed by atoms with van der Waals surface area (Å²) in [6, 6.07) is 0. The maximum atomic E-state index is 11.4. The van der Waals surface area contributed by atoms with Gasteiger partial charge in [0.2, 0.25) is 5.91 Å². The molecule has 4 heteroatoms. The minimum Gasteiger partial charge on any atom is -0.459 e. The lowest BCUT2D eigenvalue weighted by molar-refractivity contribution is -0.150. The van der Waals surface area contributed by atoms with Gasteiger partial charge in [0.1, 0.15) is 11.5 Å². The van der Waals surface area contributed by atoms with E-state index in [0.29, 0.717) is 0 Å². The van der Waals surface area contributed by atoms with Crippen molar-refractivity contribution >= 4 is 11.9 Å². The molecule has 1 aliphatic heterocycles. The molecule has 4 nitrogen and oxygen atoms in total. The molecule has 0 bridgehead atoms. The molecule has 1 fully saturated rings. The van der Waals surface area contributed by atoms with Crippen molar-refractivity contribution < 1.29 is 14.3 Å². The lowest BCUT2D eigenvalue weighted by Gasteiger charge is -2.29. The molecule has 0 spiro atoms. The van der Waals surface area contributed by atoms with Crippen LogP contribution in [0.4, 0.5) is 0 Å². The van der Waals surface area contributed by atoms with Crippen LogP contribution in [0, 0.1) is 17.8 Å². The first-order valence-corrected chi connectivity index (χ1v) is 4.79. The van der Waals surface area contributed by atoms with Crippen molar-refractivity contribution in [1.29, 1.82) is 0 Å². The zero-order valence-electron chi connectivity index (χ0n) is 9.03. The van der Waals surface area contributed by atoms with Crippen molar-refractivity contribution in [2.45, 2.75) is 33.3 Å². The molecule has 0 saturated carbocycles. The number of rotatable bonds is 2. The molecule has 0 radical (unpaired) electrons. The molecule has 1 rings (SSSR count). The van der Waals surface area contributed by atoms with Gasteiger partial charge >= 0.3 is 5.97 Å². The zero-order chi connectivity index (χ0) is 11.1. The maximum Gasteiger partial charge on any atom is 0.319 e. The molecule has 2 N–H and O–H groups in total. The van der Waals surface area contributed by atoms with Crippen molar-refractivity contribution in [3.05, 3.63) is 0 Å². The Bertz CT molecular complexity index is 271. The first-order chi connectivity index (χ1) is 6.27. The summed E-state index contributed by atoms with van der Waals surface area (Å²) in [4.78, 5) is 22.6. The number of cyclic esters (lactones) is 1. The average molecular weight is 199 g/mol. The Morgan fingerprint density at radius 2 is 2.00 bits per heavy atom. The van der Waals surface area contributed by atoms with Crippen molar-refractivity contribution in [2.75, 3.05) is 0 Å². The number of nitrogens with two attached hydrogens (primary N) is 1. The summed E-state index contributed by atoms with van der Waals surface area (Å²) in [5, 5.41) is 0. The third-order valence-electron chi connectivity index (χ3n) is 2.80. The third kappa shape index (κ3) is 1.61. The molecule has 0 unspecified atom stereocenters. The largest absolute Gasteiger partial charge is 0.459 e. The molecule has 1 amide bonds. The molecule has 0 aromatic heterocycles. The van der Waals surface area contributed by atoms with Crippen LogP contribution in [-0.2, 0) is 14.3 Å². The summed E-state index contributed by atoms with van der Waals surface area (Å²) in [6.07, 6.45) is 0. The normalized spacial score (nSPS) is 30.5. The van der Waals surface area contributed by atoms with E-state index >= 15 is 0 Å². The van der Waals surface area contributed by atoms with Gasteiger partial charge in [0, 0.05) is 5.92 Å². The molecule has 1 saturated heterocycles. The molecule has 1 aliphatic rings. The molecule has 2 atom stereocenters. The third-order valence-corrected chi connectivity index (χ3v) is 2.80. The van der Waals surface area contributed by atoms with Gasteiger partial charge in [-0.15, -0.1) is 0 Å². The maximum absolute atomic E-state index is 11.4. The Morgan fingerprint density at radius 3 is 2.29 bits per heavy atom. The van der Waals surface area contributed by atoms with Crippen molar-refractivity contribution in [1.82, 2.24) is 0 Å². The highest BCUT2D eigenvalue weighted by atomic mass is 16.6. The number of ether oxygens (including phenoxy) is 1. The minimum absolute atomic E-state index is 0.132. The Hall–Kier alpha value is -1.06. The SMILES string of the molecule is CC(C)[C@@H]1[C@H](C(N)=O)C(=O)OC1(C)C. The Labute approximate surface area is 83.8 Å². The van der Waals surface area contributed by atoms with Crippen LogP contribution in [0.3, 0.4) is 0 Å². The number of primary amides is 1. The van der Waals surface area contributed by atoms with Gasteiger partial charge in [0.05, 0.1) is 0 Å². The summed E-state index contributed by atoms with van der Waals surface area (Å²) in [5.74, 6) is -1.80. The number of hydrogen-bond donors (Lipinski definition) is 1. The molecule has 0 aromatic rings. The van der Waals surface area contributed by atoms with E-state index < -0.39 is 23.4 Å². The summed E-state index contributed by atoms with van der Waals surface area (Å²) < 4.78 is 5.16. The highest BCUT2D eigenvalue weighted by Gasteiger charge is 2.53. The average Bonchev–Trinajstić information content (AvgIpc) is 2.19. The van der Waals surface area contributed by atoms with Crippen LogP contribution in [0.5, 0.6) is 0 Å². The lowest BCUT2D eigenvalue weighted by atomic mass is 9.75. The van der Waals surface area contributed by atoms with Gasteiger partial charge in [-0.25, -0.2) is 0 Å². The van der Waals surface area contributed by atoms with Crippen LogP contribution < -0.4 is 5.73 Å². The topological polar surface area (TPSA) is 69.4 Å². The van der Waals surface area contributed by atoms with Crippen LogP contribution in [0.2, 0.25) is 0 Å². The highest BCUT2D eigenvalue weighted by Crippen LogP contribution is 2.41. The monoisotopic (exact) mass is 199 g/mol. The Kier molecular flexibility index (Phi) is 2.56. The second-order valence-corrected chi connectivity index (χ2v) is 4.67. The van der Waals surface area contributed by atoms with E-state index in [1.54, 1.807) is 0 Å². The Morgan fingerprint density at radius 1 is 1.50 bits per heavy atom. The van der Waals surface area contributed by atoms with Gasteiger partial charge in [-0.1, -0.05) is 13.8 Å². The quantitative estimate of drug-likeness (QED) is 0.525. The van der Waals surface area contributed by atoms with E-state index in [2.05, 4.69) is 0 Å². The van der Waals surface area contributed by atoms with Crippen molar-refractivity contribution in [3.63, 3.8) is 0 Å². The number of carbonyl (C=O) groups excluding carboxylic acids is 2. The fourth-order valence-corrected chi connectivity index (χ4v) is 2.42. The van der Waals surface area contributed by atoms with E-state index in [9.17, 15) is 9.59 Å². The predicted octanol–water partition coefficient (Wildman–Crippen LogP) is 0.695. The van der Waals surface area contributed by atoms with E-state index in [4.69, 9.17) is 10.5 Å². The number of carbonyl (C=O) groups is 2. The van der Waals surface area contributed by atoms with Gasteiger partial charge < -0.3 is 10.5 Å². The van der Waals surface area contributed by atoms with E-state index in [1.807, 2.05) is 27.7 Å². The first-order valence-electron chi connectivity index (χ1n) is 4.79. The molecule has 80 valence electrons. The second kappa shape index (κ2) is 3.26. The molecule has 14 heavy (non-hydrogen) atoms. The fourth-order valence-electron chi connectivity index (χ4n) is 2.42. The molecular formula is C10H17NO3. The van der Waals surface area contributed by atoms with E-state index in [0.717, 1.165) is 0 Å². The van der Waals surface area contributed by atoms with Crippen LogP contribution in [0.1, 0.15) is 27.7 Å². The smallest absolute Gasteiger partial charge is 0.319 e. The van der Waals surface area contributed by atoms with E-state index in [1.165, 1.54) is 0 Å². The van der Waals surface area contributed by atoms with Gasteiger partial charge in [0.15, 0.2) is 0 Å². The van der Waals surface area contributed by atoms with E-state index in [-0.39, 0.29) is 11.8 Å². The van der Waals surface area contributed by atoms with Crippen LogP contribution >= 0.6 is 0 Å². The standard InChI is InChI=1S/C10H17NO3/c1-5(2)7-6(8(11)12)9(13)14-10(7,3)4/h5-7H,1-4H3,(H2,11,12)/t6-,7-/m1/s1. The Balaban J connectivity index is 3.05. The zero-order valence-corrected chi connectivity index (χ0v) is 9.03. The predicted molar refractivity (Wildman–Crippen MR) is 51.2 cm³/mol. The van der Waals surface area contributed by atoms with Crippen LogP contribution in [-0.4, -0.2) is 17.5 Å². The molecule has 1 heterocycles. The first kappa shape index (κ1) is 11.0. The fraction of sp³-hybridized carbons (Fsp3) is 0.800.